The van der Waals surface area contributed by atoms with E-state index in [0.717, 1.165) is 24.3 Å². The summed E-state index contributed by atoms with van der Waals surface area (Å²) in [4.78, 5) is 0. The molecule has 0 saturated heterocycles. The van der Waals surface area contributed by atoms with Gasteiger partial charge in [-0.2, -0.15) is 0 Å². The zero-order valence-electron chi connectivity index (χ0n) is 12.0. The third-order valence-electron chi connectivity index (χ3n) is 2.85. The van der Waals surface area contributed by atoms with Gasteiger partial charge in [-0.1, -0.05) is 45.0 Å². The van der Waals surface area contributed by atoms with E-state index in [1.165, 1.54) is 11.1 Å². The van der Waals surface area contributed by atoms with Gasteiger partial charge in [0.2, 0.25) is 0 Å². The molecule has 0 heterocycles. The first-order valence-electron chi connectivity index (χ1n) is 6.65. The lowest BCUT2D eigenvalue weighted by Gasteiger charge is -2.15. The summed E-state index contributed by atoms with van der Waals surface area (Å²) < 4.78 is 5.84. The summed E-state index contributed by atoms with van der Waals surface area (Å²) in [7, 11) is 0. The predicted octanol–water partition coefficient (Wildman–Crippen LogP) is 3.84. The Morgan fingerprint density at radius 3 is 2.72 bits per heavy atom. The van der Waals surface area contributed by atoms with E-state index in [1.807, 2.05) is 0 Å². The van der Waals surface area contributed by atoms with Crippen molar-refractivity contribution in [1.29, 1.82) is 0 Å². The summed E-state index contributed by atoms with van der Waals surface area (Å²) in [5.74, 6) is 0.961. The van der Waals surface area contributed by atoms with E-state index in [2.05, 4.69) is 57.8 Å². The van der Waals surface area contributed by atoms with Gasteiger partial charge in [-0.05, 0) is 25.0 Å². The lowest BCUT2D eigenvalue weighted by atomic mass is 10.1. The highest BCUT2D eigenvalue weighted by Crippen LogP contribution is 2.21. The molecular weight excluding hydrogens is 222 g/mol. The number of nitrogens with one attached hydrogen (secondary N) is 1. The fourth-order valence-electron chi connectivity index (χ4n) is 1.58. The molecule has 1 rings (SSSR count). The second-order valence-corrected chi connectivity index (χ2v) is 5.04. The van der Waals surface area contributed by atoms with Crippen molar-refractivity contribution in [3.63, 3.8) is 0 Å². The molecule has 0 radical (unpaired) electrons. The Morgan fingerprint density at radius 2 is 2.11 bits per heavy atom. The molecule has 0 saturated carbocycles. The van der Waals surface area contributed by atoms with Crippen LogP contribution in [0.25, 0.3) is 0 Å². The number of hydrogen-bond donors (Lipinski definition) is 1. The second kappa shape index (κ2) is 7.22. The molecule has 0 bridgehead atoms. The van der Waals surface area contributed by atoms with E-state index in [-0.39, 0.29) is 0 Å². The van der Waals surface area contributed by atoms with Crippen LogP contribution in [0.4, 0.5) is 0 Å². The molecule has 0 aliphatic carbocycles. The van der Waals surface area contributed by atoms with E-state index in [1.54, 1.807) is 0 Å². The Kier molecular flexibility index (Phi) is 5.93. The molecule has 100 valence electrons. The number of hydrogen-bond acceptors (Lipinski definition) is 2. The first-order chi connectivity index (χ1) is 8.52. The largest absolute Gasteiger partial charge is 0.489 e. The van der Waals surface area contributed by atoms with Crippen molar-refractivity contribution >= 4 is 0 Å². The maximum Gasteiger partial charge on any atom is 0.124 e. The van der Waals surface area contributed by atoms with Crippen LogP contribution < -0.4 is 10.1 Å². The molecule has 1 aromatic rings. The molecule has 0 spiro atoms. The van der Waals surface area contributed by atoms with Crippen molar-refractivity contribution in [2.24, 2.45) is 0 Å². The summed E-state index contributed by atoms with van der Waals surface area (Å²) in [6, 6.07) is 6.79. The fraction of sp³-hybridized carbons (Fsp3) is 0.500. The van der Waals surface area contributed by atoms with E-state index < -0.39 is 0 Å². The van der Waals surface area contributed by atoms with Crippen LogP contribution in [0.3, 0.4) is 0 Å². The van der Waals surface area contributed by atoms with Crippen LogP contribution in [0.2, 0.25) is 0 Å². The highest BCUT2D eigenvalue weighted by atomic mass is 16.5. The summed E-state index contributed by atoms with van der Waals surface area (Å²) >= 11 is 0. The quantitative estimate of drug-likeness (QED) is 0.739. The number of ether oxygens (including phenoxy) is 1. The average molecular weight is 247 g/mol. The molecule has 18 heavy (non-hydrogen) atoms. The summed E-state index contributed by atoms with van der Waals surface area (Å²) in [6.45, 7) is 13.9. The fourth-order valence-corrected chi connectivity index (χ4v) is 1.58. The van der Waals surface area contributed by atoms with Gasteiger partial charge in [-0.3, -0.25) is 0 Å². The monoisotopic (exact) mass is 247 g/mol. The van der Waals surface area contributed by atoms with Crippen molar-refractivity contribution in [1.82, 2.24) is 5.32 Å². The van der Waals surface area contributed by atoms with Gasteiger partial charge in [-0.15, -0.1) is 0 Å². The van der Waals surface area contributed by atoms with Gasteiger partial charge in [0, 0.05) is 18.2 Å². The van der Waals surface area contributed by atoms with Crippen molar-refractivity contribution in [2.45, 2.75) is 46.7 Å². The summed E-state index contributed by atoms with van der Waals surface area (Å²) in [5, 5.41) is 3.43. The van der Waals surface area contributed by atoms with Crippen LogP contribution in [0.1, 0.15) is 38.3 Å². The molecule has 0 unspecified atom stereocenters. The Hall–Kier alpha value is -1.28. The Bertz CT molecular complexity index is 396. The highest BCUT2D eigenvalue weighted by molar-refractivity contribution is 5.37. The van der Waals surface area contributed by atoms with E-state index >= 15 is 0 Å². The lowest BCUT2D eigenvalue weighted by Crippen LogP contribution is -2.22. The lowest BCUT2D eigenvalue weighted by molar-refractivity contribution is 0.343. The van der Waals surface area contributed by atoms with Crippen LogP contribution in [0, 0.1) is 6.92 Å². The SMILES string of the molecule is C=C(CC)COc1ccc(C)cc1CNC(C)C. The normalized spacial score (nSPS) is 10.7. The minimum Gasteiger partial charge on any atom is -0.489 e. The smallest absolute Gasteiger partial charge is 0.124 e. The zero-order valence-corrected chi connectivity index (χ0v) is 12.0. The molecule has 2 heteroatoms. The summed E-state index contributed by atoms with van der Waals surface area (Å²) in [6.07, 6.45) is 0.964. The van der Waals surface area contributed by atoms with Crippen molar-refractivity contribution < 1.29 is 4.74 Å². The molecule has 0 aromatic heterocycles. The van der Waals surface area contributed by atoms with Gasteiger partial charge in [0.1, 0.15) is 12.4 Å². The van der Waals surface area contributed by atoms with E-state index in [0.29, 0.717) is 12.6 Å². The third kappa shape index (κ3) is 4.92. The van der Waals surface area contributed by atoms with Crippen LogP contribution in [0.5, 0.6) is 5.75 Å². The topological polar surface area (TPSA) is 21.3 Å². The van der Waals surface area contributed by atoms with Gasteiger partial charge in [-0.25, -0.2) is 0 Å². The van der Waals surface area contributed by atoms with Gasteiger partial charge in [0.25, 0.3) is 0 Å². The Balaban J connectivity index is 2.72. The van der Waals surface area contributed by atoms with Gasteiger partial charge in [0.15, 0.2) is 0 Å². The van der Waals surface area contributed by atoms with E-state index in [4.69, 9.17) is 4.74 Å². The van der Waals surface area contributed by atoms with Crippen molar-refractivity contribution in [3.8, 4) is 5.75 Å². The third-order valence-corrected chi connectivity index (χ3v) is 2.85. The van der Waals surface area contributed by atoms with Crippen LogP contribution in [-0.4, -0.2) is 12.6 Å². The molecule has 1 aromatic carbocycles. The number of rotatable bonds is 7. The molecule has 0 aliphatic rings. The number of benzene rings is 1. The zero-order chi connectivity index (χ0) is 13.5. The first-order valence-corrected chi connectivity index (χ1v) is 6.65. The standard InChI is InChI=1S/C16H25NO/c1-6-13(4)11-18-16-8-7-14(5)9-15(16)10-17-12(2)3/h7-9,12,17H,4,6,10-11H2,1-3,5H3. The molecule has 0 amide bonds. The predicted molar refractivity (Wildman–Crippen MR) is 78.1 cm³/mol. The molecule has 0 atom stereocenters. The average Bonchev–Trinajstić information content (AvgIpc) is 2.34. The minimum absolute atomic E-state index is 0.476. The van der Waals surface area contributed by atoms with Crippen LogP contribution >= 0.6 is 0 Å². The van der Waals surface area contributed by atoms with Crippen molar-refractivity contribution in [3.05, 3.63) is 41.5 Å². The molecule has 2 nitrogen and oxygen atoms in total. The molecular formula is C16H25NO. The van der Waals surface area contributed by atoms with Gasteiger partial charge >= 0.3 is 0 Å². The summed E-state index contributed by atoms with van der Waals surface area (Å²) in [5.41, 5.74) is 3.60. The second-order valence-electron chi connectivity index (χ2n) is 5.04. The maximum atomic E-state index is 5.84. The number of aryl methyl sites for hydroxylation is 1. The molecule has 0 aliphatic heterocycles. The minimum atomic E-state index is 0.476. The van der Waals surface area contributed by atoms with E-state index in [9.17, 15) is 0 Å². The first kappa shape index (κ1) is 14.8. The van der Waals surface area contributed by atoms with Gasteiger partial charge in [0.05, 0.1) is 0 Å². The Morgan fingerprint density at radius 1 is 1.39 bits per heavy atom. The molecule has 1 N–H and O–H groups in total. The van der Waals surface area contributed by atoms with Crippen LogP contribution in [0.15, 0.2) is 30.4 Å². The molecule has 0 fully saturated rings. The van der Waals surface area contributed by atoms with Crippen molar-refractivity contribution in [2.75, 3.05) is 6.61 Å². The van der Waals surface area contributed by atoms with Gasteiger partial charge < -0.3 is 10.1 Å². The highest BCUT2D eigenvalue weighted by Gasteiger charge is 2.05. The van der Waals surface area contributed by atoms with Crippen LogP contribution in [-0.2, 0) is 6.54 Å². The maximum absolute atomic E-state index is 5.84. The Labute approximate surface area is 111 Å².